The third kappa shape index (κ3) is 2.01. The Balaban J connectivity index is 2.22. The number of carbonyl (C=O) groups is 1. The van der Waals surface area contributed by atoms with E-state index in [1.54, 1.807) is 0 Å². The van der Waals surface area contributed by atoms with Crippen LogP contribution in [0.5, 0.6) is 0 Å². The molecule has 0 aliphatic carbocycles. The third-order valence-electron chi connectivity index (χ3n) is 2.65. The van der Waals surface area contributed by atoms with Crippen LogP contribution >= 0.6 is 0 Å². The predicted octanol–water partition coefficient (Wildman–Crippen LogP) is -0.561. The minimum absolute atomic E-state index is 0.0600. The van der Waals surface area contributed by atoms with Gasteiger partial charge in [-0.2, -0.15) is 0 Å². The van der Waals surface area contributed by atoms with E-state index in [-0.39, 0.29) is 23.4 Å². The molecule has 1 aliphatic rings. The number of rotatable bonds is 1. The van der Waals surface area contributed by atoms with Gasteiger partial charge in [0.05, 0.1) is 13.0 Å². The average Bonchev–Trinajstić information content (AvgIpc) is 2.59. The highest BCUT2D eigenvalue weighted by molar-refractivity contribution is 5.86. The van der Waals surface area contributed by atoms with Crippen LogP contribution in [-0.2, 0) is 0 Å². The summed E-state index contributed by atoms with van der Waals surface area (Å²) < 4.78 is 25.8. The highest BCUT2D eigenvalue weighted by Crippen LogP contribution is 2.18. The van der Waals surface area contributed by atoms with E-state index >= 15 is 0 Å². The molecule has 2 heterocycles. The van der Waals surface area contributed by atoms with E-state index in [4.69, 9.17) is 0 Å². The molecular formula is C10H11F2N2O2+. The molecule has 1 atom stereocenters. The van der Waals surface area contributed by atoms with Crippen molar-refractivity contribution in [1.29, 1.82) is 0 Å². The van der Waals surface area contributed by atoms with Crippen molar-refractivity contribution in [3.05, 3.63) is 34.2 Å². The van der Waals surface area contributed by atoms with Gasteiger partial charge < -0.3 is 4.98 Å². The van der Waals surface area contributed by atoms with Crippen LogP contribution in [0.25, 0.3) is 0 Å². The van der Waals surface area contributed by atoms with Crippen LogP contribution in [-0.4, -0.2) is 29.9 Å². The molecule has 1 aliphatic heterocycles. The molecule has 2 N–H and O–H groups in total. The van der Waals surface area contributed by atoms with Gasteiger partial charge in [0.2, 0.25) is 0 Å². The number of alkyl halides is 2. The predicted molar refractivity (Wildman–Crippen MR) is 51.7 cm³/mol. The summed E-state index contributed by atoms with van der Waals surface area (Å²) in [5, 5.41) is 0. The summed E-state index contributed by atoms with van der Waals surface area (Å²) in [6, 6.07) is 1.21. The topological polar surface area (TPSA) is 54.4 Å². The van der Waals surface area contributed by atoms with E-state index in [0.717, 1.165) is 0 Å². The summed E-state index contributed by atoms with van der Waals surface area (Å²) in [5.41, 5.74) is -0.498. The molecule has 4 nitrogen and oxygen atoms in total. The number of hydrogen-bond acceptors (Lipinski definition) is 2. The molecule has 2 rings (SSSR count). The second-order valence-corrected chi connectivity index (χ2v) is 3.89. The van der Waals surface area contributed by atoms with Crippen molar-refractivity contribution < 1.29 is 18.5 Å². The van der Waals surface area contributed by atoms with Gasteiger partial charge in [-0.15, -0.1) is 0 Å². The van der Waals surface area contributed by atoms with Crippen LogP contribution in [0, 0.1) is 0 Å². The molecule has 1 aromatic heterocycles. The maximum Gasteiger partial charge on any atom is 0.349 e. The van der Waals surface area contributed by atoms with Gasteiger partial charge in [0, 0.05) is 18.5 Å². The summed E-state index contributed by atoms with van der Waals surface area (Å²) in [6.45, 7) is -0.458. The normalized spacial score (nSPS) is 23.2. The lowest BCUT2D eigenvalue weighted by molar-refractivity contribution is -0.804. The first-order chi connectivity index (χ1) is 7.49. The summed E-state index contributed by atoms with van der Waals surface area (Å²) in [4.78, 5) is 25.8. The molecule has 6 heteroatoms. The molecule has 1 fully saturated rings. The number of H-pyrrole nitrogens is 1. The number of aromatic nitrogens is 1. The van der Waals surface area contributed by atoms with Crippen LogP contribution < -0.4 is 10.3 Å². The number of halogens is 2. The van der Waals surface area contributed by atoms with Crippen LogP contribution in [0.15, 0.2) is 23.3 Å². The molecule has 0 saturated carbocycles. The Labute approximate surface area is 89.9 Å². The van der Waals surface area contributed by atoms with Crippen molar-refractivity contribution in [2.24, 2.45) is 0 Å². The van der Waals surface area contributed by atoms with Crippen LogP contribution in [0.2, 0.25) is 0 Å². The number of likely N-dealkylation sites (tertiary alicyclic amines) is 1. The number of quaternary nitrogens is 1. The maximum absolute atomic E-state index is 12.9. The number of carbonyl (C=O) groups excluding carboxylic acids is 1. The summed E-state index contributed by atoms with van der Waals surface area (Å²) >= 11 is 0. The second-order valence-electron chi connectivity index (χ2n) is 3.89. The fourth-order valence-electron chi connectivity index (χ4n) is 1.80. The van der Waals surface area contributed by atoms with Crippen molar-refractivity contribution in [2.45, 2.75) is 12.3 Å². The highest BCUT2D eigenvalue weighted by Gasteiger charge is 2.45. The van der Waals surface area contributed by atoms with Gasteiger partial charge in [-0.05, 0) is 0 Å². The SMILES string of the molecule is O=C(c1c[nH]ccc1=O)[NH+]1CCC(F)(F)C1. The first-order valence-electron chi connectivity index (χ1n) is 4.94. The van der Waals surface area contributed by atoms with Crippen LogP contribution in [0.1, 0.15) is 16.8 Å². The van der Waals surface area contributed by atoms with Gasteiger partial charge in [0.15, 0.2) is 5.43 Å². The number of aromatic amines is 1. The summed E-state index contributed by atoms with van der Waals surface area (Å²) in [7, 11) is 0. The molecule has 1 amide bonds. The molecule has 1 unspecified atom stereocenters. The van der Waals surface area contributed by atoms with E-state index in [1.165, 1.54) is 18.5 Å². The smallest absolute Gasteiger partial charge is 0.349 e. The number of hydrogen-bond donors (Lipinski definition) is 2. The van der Waals surface area contributed by atoms with E-state index in [0.29, 0.717) is 0 Å². The van der Waals surface area contributed by atoms with Crippen molar-refractivity contribution in [1.82, 2.24) is 4.98 Å². The minimum atomic E-state index is -2.80. The Kier molecular flexibility index (Phi) is 2.59. The minimum Gasteiger partial charge on any atom is -0.367 e. The van der Waals surface area contributed by atoms with Gasteiger partial charge >= 0.3 is 11.8 Å². The van der Waals surface area contributed by atoms with Crippen molar-refractivity contribution in [3.8, 4) is 0 Å². The Morgan fingerprint density at radius 2 is 2.25 bits per heavy atom. The Morgan fingerprint density at radius 3 is 2.81 bits per heavy atom. The average molecular weight is 229 g/mol. The van der Waals surface area contributed by atoms with E-state index in [2.05, 4.69) is 4.98 Å². The van der Waals surface area contributed by atoms with E-state index in [1.807, 2.05) is 0 Å². The quantitative estimate of drug-likeness (QED) is 0.678. The molecule has 1 aromatic rings. The zero-order chi connectivity index (χ0) is 11.8. The molecule has 0 radical (unpaired) electrons. The molecule has 86 valence electrons. The first-order valence-corrected chi connectivity index (χ1v) is 4.94. The first kappa shape index (κ1) is 10.9. The Hall–Kier alpha value is -1.56. The van der Waals surface area contributed by atoms with Gasteiger partial charge in [-0.3, -0.25) is 9.69 Å². The van der Waals surface area contributed by atoms with Gasteiger partial charge in [-0.25, -0.2) is 13.6 Å². The van der Waals surface area contributed by atoms with Crippen molar-refractivity contribution in [3.63, 3.8) is 0 Å². The molecule has 0 spiro atoms. The third-order valence-corrected chi connectivity index (χ3v) is 2.65. The molecule has 0 bridgehead atoms. The number of pyridine rings is 1. The standard InChI is InChI=1S/C10H10F2N2O2/c11-10(12)2-4-14(6-10)9(16)7-5-13-3-1-8(7)15/h1,3,5H,2,4,6H2,(H,13,15)/p+1. The van der Waals surface area contributed by atoms with E-state index in [9.17, 15) is 18.4 Å². The van der Waals surface area contributed by atoms with Gasteiger partial charge in [-0.1, -0.05) is 0 Å². The van der Waals surface area contributed by atoms with Crippen LogP contribution in [0.3, 0.4) is 0 Å². The number of nitrogens with one attached hydrogen (secondary N) is 2. The number of amides is 1. The Bertz CT molecular complexity index is 470. The van der Waals surface area contributed by atoms with Crippen molar-refractivity contribution >= 4 is 5.91 Å². The maximum atomic E-state index is 12.9. The van der Waals surface area contributed by atoms with Gasteiger partial charge in [0.1, 0.15) is 12.1 Å². The Morgan fingerprint density at radius 1 is 1.50 bits per heavy atom. The van der Waals surface area contributed by atoms with Crippen molar-refractivity contribution in [2.75, 3.05) is 13.1 Å². The molecule has 16 heavy (non-hydrogen) atoms. The highest BCUT2D eigenvalue weighted by atomic mass is 19.3. The van der Waals surface area contributed by atoms with E-state index < -0.39 is 23.8 Å². The fourth-order valence-corrected chi connectivity index (χ4v) is 1.80. The zero-order valence-corrected chi connectivity index (χ0v) is 8.43. The molecule has 1 saturated heterocycles. The lowest BCUT2D eigenvalue weighted by atomic mass is 10.2. The summed E-state index contributed by atoms with van der Waals surface area (Å²) in [6.07, 6.45) is 2.35. The largest absolute Gasteiger partial charge is 0.367 e. The zero-order valence-electron chi connectivity index (χ0n) is 8.43. The second kappa shape index (κ2) is 3.79. The van der Waals surface area contributed by atoms with Crippen LogP contribution in [0.4, 0.5) is 8.78 Å². The monoisotopic (exact) mass is 229 g/mol. The molecule has 0 aromatic carbocycles. The summed E-state index contributed by atoms with van der Waals surface area (Å²) in [5.74, 6) is -3.36. The molecular weight excluding hydrogens is 218 g/mol. The fraction of sp³-hybridized carbons (Fsp3) is 0.400. The van der Waals surface area contributed by atoms with Gasteiger partial charge in [0.25, 0.3) is 0 Å². The lowest BCUT2D eigenvalue weighted by Gasteiger charge is -2.09. The lowest BCUT2D eigenvalue weighted by Crippen LogP contribution is -3.13.